The number of nitrogens with one attached hydrogen (secondary N) is 1. The monoisotopic (exact) mass is 338 g/mol. The van der Waals surface area contributed by atoms with Crippen LogP contribution in [0.5, 0.6) is 0 Å². The van der Waals surface area contributed by atoms with E-state index in [1.165, 1.54) is 13.8 Å². The Labute approximate surface area is 147 Å². The molecule has 0 aliphatic carbocycles. The predicted octanol–water partition coefficient (Wildman–Crippen LogP) is 2.98. The van der Waals surface area contributed by atoms with E-state index in [1.54, 1.807) is 35.2 Å². The van der Waals surface area contributed by atoms with Crippen LogP contribution in [0.15, 0.2) is 48.5 Å². The van der Waals surface area contributed by atoms with Crippen LogP contribution in [0.4, 0.5) is 5.69 Å². The van der Waals surface area contributed by atoms with Crippen molar-refractivity contribution in [1.29, 1.82) is 0 Å². The minimum Gasteiger partial charge on any atom is -0.350 e. The Morgan fingerprint density at radius 3 is 2.16 bits per heavy atom. The van der Waals surface area contributed by atoms with Crippen molar-refractivity contribution in [2.75, 3.05) is 18.0 Å². The standard InChI is InChI=1S/C20H22N2O3/c1-14-6-4-5-7-19(14)20(25)21-12-13-22(16(3)24)18-10-8-17(9-11-18)15(2)23/h4-11H,12-13H2,1-3H3,(H,21,25). The summed E-state index contributed by atoms with van der Waals surface area (Å²) in [6.07, 6.45) is 0. The zero-order chi connectivity index (χ0) is 18.4. The van der Waals surface area contributed by atoms with Gasteiger partial charge in [0.15, 0.2) is 5.78 Å². The van der Waals surface area contributed by atoms with Crippen LogP contribution in [-0.2, 0) is 4.79 Å². The fourth-order valence-electron chi connectivity index (χ4n) is 2.55. The third kappa shape index (κ3) is 4.76. The number of carbonyl (C=O) groups is 3. The molecule has 0 unspecified atom stereocenters. The highest BCUT2D eigenvalue weighted by Crippen LogP contribution is 2.16. The van der Waals surface area contributed by atoms with Crippen LogP contribution in [0, 0.1) is 6.92 Å². The van der Waals surface area contributed by atoms with Crippen molar-refractivity contribution in [3.05, 3.63) is 65.2 Å². The summed E-state index contributed by atoms with van der Waals surface area (Å²) in [5.41, 5.74) is 2.83. The number of benzene rings is 2. The molecule has 5 nitrogen and oxygen atoms in total. The highest BCUT2D eigenvalue weighted by molar-refractivity contribution is 5.97. The third-order valence-electron chi connectivity index (χ3n) is 3.98. The van der Waals surface area contributed by atoms with Crippen LogP contribution < -0.4 is 10.2 Å². The van der Waals surface area contributed by atoms with Gasteiger partial charge < -0.3 is 10.2 Å². The van der Waals surface area contributed by atoms with E-state index in [4.69, 9.17) is 0 Å². The fourth-order valence-corrected chi connectivity index (χ4v) is 2.55. The molecular formula is C20H22N2O3. The molecule has 0 spiro atoms. The second-order valence-electron chi connectivity index (χ2n) is 5.84. The Morgan fingerprint density at radius 1 is 0.960 bits per heavy atom. The Bertz CT molecular complexity index is 782. The van der Waals surface area contributed by atoms with E-state index < -0.39 is 0 Å². The first-order valence-electron chi connectivity index (χ1n) is 8.13. The smallest absolute Gasteiger partial charge is 0.251 e. The first-order chi connectivity index (χ1) is 11.9. The van der Waals surface area contributed by atoms with Gasteiger partial charge in [0, 0.05) is 36.8 Å². The molecule has 0 aromatic heterocycles. The summed E-state index contributed by atoms with van der Waals surface area (Å²) < 4.78 is 0. The van der Waals surface area contributed by atoms with Gasteiger partial charge in [0.05, 0.1) is 0 Å². The number of hydrogen-bond donors (Lipinski definition) is 1. The van der Waals surface area contributed by atoms with Gasteiger partial charge in [0.1, 0.15) is 0 Å². The molecule has 0 saturated carbocycles. The van der Waals surface area contributed by atoms with Gasteiger partial charge in [0.2, 0.25) is 5.91 Å². The second-order valence-corrected chi connectivity index (χ2v) is 5.84. The van der Waals surface area contributed by atoms with Crippen LogP contribution in [0.2, 0.25) is 0 Å². The van der Waals surface area contributed by atoms with Gasteiger partial charge >= 0.3 is 0 Å². The summed E-state index contributed by atoms with van der Waals surface area (Å²) in [6.45, 7) is 5.54. The molecule has 2 aromatic carbocycles. The van der Waals surface area contributed by atoms with Gasteiger partial charge in [-0.05, 0) is 49.7 Å². The van der Waals surface area contributed by atoms with Crippen molar-refractivity contribution in [2.45, 2.75) is 20.8 Å². The number of anilines is 1. The maximum Gasteiger partial charge on any atom is 0.251 e. The summed E-state index contributed by atoms with van der Waals surface area (Å²) in [6, 6.07) is 14.2. The Hall–Kier alpha value is -2.95. The van der Waals surface area contributed by atoms with Crippen molar-refractivity contribution in [1.82, 2.24) is 5.32 Å². The number of aryl methyl sites for hydroxylation is 1. The highest BCUT2D eigenvalue weighted by atomic mass is 16.2. The second kappa shape index (κ2) is 8.24. The molecule has 0 aliphatic rings. The molecule has 0 saturated heterocycles. The quantitative estimate of drug-likeness (QED) is 0.824. The lowest BCUT2D eigenvalue weighted by atomic mass is 10.1. The average Bonchev–Trinajstić information content (AvgIpc) is 2.58. The van der Waals surface area contributed by atoms with Gasteiger partial charge in [-0.3, -0.25) is 14.4 Å². The van der Waals surface area contributed by atoms with Crippen molar-refractivity contribution in [3.8, 4) is 0 Å². The number of rotatable bonds is 6. The Balaban J connectivity index is 2.00. The lowest BCUT2D eigenvalue weighted by Gasteiger charge is -2.21. The first-order valence-corrected chi connectivity index (χ1v) is 8.13. The van der Waals surface area contributed by atoms with E-state index >= 15 is 0 Å². The molecule has 5 heteroatoms. The van der Waals surface area contributed by atoms with E-state index in [0.29, 0.717) is 29.9 Å². The zero-order valence-electron chi connectivity index (χ0n) is 14.7. The summed E-state index contributed by atoms with van der Waals surface area (Å²) in [5, 5.41) is 2.84. The predicted molar refractivity (Wildman–Crippen MR) is 98.0 cm³/mol. The van der Waals surface area contributed by atoms with Crippen molar-refractivity contribution in [3.63, 3.8) is 0 Å². The van der Waals surface area contributed by atoms with E-state index in [2.05, 4.69) is 5.32 Å². The molecular weight excluding hydrogens is 316 g/mol. The van der Waals surface area contributed by atoms with Gasteiger partial charge in [-0.2, -0.15) is 0 Å². The zero-order valence-corrected chi connectivity index (χ0v) is 14.7. The SMILES string of the molecule is CC(=O)c1ccc(N(CCNC(=O)c2ccccc2C)C(C)=O)cc1. The van der Waals surface area contributed by atoms with Gasteiger partial charge in [-0.25, -0.2) is 0 Å². The van der Waals surface area contributed by atoms with Crippen LogP contribution >= 0.6 is 0 Å². The Morgan fingerprint density at radius 2 is 1.60 bits per heavy atom. The van der Waals surface area contributed by atoms with Crippen LogP contribution in [0.3, 0.4) is 0 Å². The van der Waals surface area contributed by atoms with Crippen LogP contribution in [0.25, 0.3) is 0 Å². The molecule has 2 aromatic rings. The highest BCUT2D eigenvalue weighted by Gasteiger charge is 2.13. The lowest BCUT2D eigenvalue weighted by molar-refractivity contribution is -0.116. The maximum absolute atomic E-state index is 12.2. The summed E-state index contributed by atoms with van der Waals surface area (Å²) in [4.78, 5) is 37.0. The molecule has 2 amide bonds. The number of ketones is 1. The van der Waals surface area contributed by atoms with E-state index in [-0.39, 0.29) is 17.6 Å². The van der Waals surface area contributed by atoms with Gasteiger partial charge in [-0.1, -0.05) is 18.2 Å². The molecule has 0 radical (unpaired) electrons. The molecule has 25 heavy (non-hydrogen) atoms. The molecule has 0 fully saturated rings. The number of nitrogens with zero attached hydrogens (tertiary/aromatic N) is 1. The molecule has 1 N–H and O–H groups in total. The Kier molecular flexibility index (Phi) is 6.06. The van der Waals surface area contributed by atoms with Crippen LogP contribution in [-0.4, -0.2) is 30.7 Å². The molecule has 0 aliphatic heterocycles. The molecule has 130 valence electrons. The first kappa shape index (κ1) is 18.4. The normalized spacial score (nSPS) is 10.2. The average molecular weight is 338 g/mol. The molecule has 0 atom stereocenters. The summed E-state index contributed by atoms with van der Waals surface area (Å²) >= 11 is 0. The van der Waals surface area contributed by atoms with Crippen molar-refractivity contribution < 1.29 is 14.4 Å². The fraction of sp³-hybridized carbons (Fsp3) is 0.250. The number of amides is 2. The largest absolute Gasteiger partial charge is 0.350 e. The van der Waals surface area contributed by atoms with E-state index in [0.717, 1.165) is 5.56 Å². The summed E-state index contributed by atoms with van der Waals surface area (Å²) in [5.74, 6) is -0.305. The third-order valence-corrected chi connectivity index (χ3v) is 3.98. The van der Waals surface area contributed by atoms with E-state index in [1.807, 2.05) is 25.1 Å². The molecule has 0 bridgehead atoms. The summed E-state index contributed by atoms with van der Waals surface area (Å²) in [7, 11) is 0. The van der Waals surface area contributed by atoms with E-state index in [9.17, 15) is 14.4 Å². The minimum atomic E-state index is -0.159. The van der Waals surface area contributed by atoms with Crippen molar-refractivity contribution >= 4 is 23.3 Å². The number of carbonyl (C=O) groups excluding carboxylic acids is 3. The molecule has 0 heterocycles. The number of hydrogen-bond acceptors (Lipinski definition) is 3. The lowest BCUT2D eigenvalue weighted by Crippen LogP contribution is -2.37. The maximum atomic E-state index is 12.2. The molecule has 2 rings (SSSR count). The van der Waals surface area contributed by atoms with Gasteiger partial charge in [-0.15, -0.1) is 0 Å². The van der Waals surface area contributed by atoms with Crippen LogP contribution in [0.1, 0.15) is 40.1 Å². The van der Waals surface area contributed by atoms with Crippen molar-refractivity contribution in [2.24, 2.45) is 0 Å². The topological polar surface area (TPSA) is 66.5 Å². The minimum absolute atomic E-state index is 0.0218. The number of Topliss-reactive ketones (excluding diaryl/α,β-unsaturated/α-hetero) is 1. The van der Waals surface area contributed by atoms with Gasteiger partial charge in [0.25, 0.3) is 5.91 Å².